The fourth-order valence-corrected chi connectivity index (χ4v) is 2.53. The number of aliphatic carboxylic acids is 1. The van der Waals surface area contributed by atoms with E-state index in [4.69, 9.17) is 15.1 Å². The molecule has 19 heavy (non-hydrogen) atoms. The Labute approximate surface area is 119 Å². The summed E-state index contributed by atoms with van der Waals surface area (Å²) < 4.78 is 6.20. The summed E-state index contributed by atoms with van der Waals surface area (Å²) in [5.74, 6) is -0.867. The largest absolute Gasteiger partial charge is 0.481 e. The molecule has 1 N–H and O–H groups in total. The molecule has 0 aromatic heterocycles. The number of carboxylic acids is 1. The molecule has 1 atom stereocenters. The number of carbonyl (C=O) groups is 1. The maximum Gasteiger partial charge on any atom is 0.305 e. The molecule has 1 aromatic carbocycles. The first-order valence-corrected chi connectivity index (χ1v) is 6.67. The Balaban J connectivity index is 2.34. The normalized spacial score (nSPS) is 18.9. The molecule has 6 heteroatoms. The highest BCUT2D eigenvalue weighted by Crippen LogP contribution is 2.28. The van der Waals surface area contributed by atoms with Gasteiger partial charge in [0.1, 0.15) is 6.07 Å². The monoisotopic (exact) mass is 324 g/mol. The lowest BCUT2D eigenvalue weighted by atomic mass is 10.1. The van der Waals surface area contributed by atoms with Gasteiger partial charge in [-0.05, 0) is 18.2 Å². The number of nitriles is 1. The molecule has 1 aliphatic rings. The highest BCUT2D eigenvalue weighted by atomic mass is 79.9. The van der Waals surface area contributed by atoms with Gasteiger partial charge in [0.25, 0.3) is 0 Å². The highest BCUT2D eigenvalue weighted by Gasteiger charge is 2.27. The Morgan fingerprint density at radius 3 is 3.11 bits per heavy atom. The molecule has 0 spiro atoms. The number of rotatable bonds is 3. The number of morpholine rings is 1. The maximum absolute atomic E-state index is 10.9. The predicted octanol–water partition coefficient (Wildman–Crippen LogP) is 2.00. The molecule has 0 saturated carbocycles. The molecule has 0 radical (unpaired) electrons. The second kappa shape index (κ2) is 6.04. The maximum atomic E-state index is 10.9. The number of carboxylic acid groups (broad SMARTS) is 1. The lowest BCUT2D eigenvalue weighted by Crippen LogP contribution is -2.47. The van der Waals surface area contributed by atoms with Crippen LogP contribution >= 0.6 is 15.9 Å². The zero-order chi connectivity index (χ0) is 13.8. The van der Waals surface area contributed by atoms with Crippen molar-refractivity contribution in [1.82, 2.24) is 0 Å². The fourth-order valence-electron chi connectivity index (χ4n) is 2.18. The Hall–Kier alpha value is -1.58. The summed E-state index contributed by atoms with van der Waals surface area (Å²) in [5, 5.41) is 18.1. The van der Waals surface area contributed by atoms with Crippen LogP contribution in [0.1, 0.15) is 12.0 Å². The fraction of sp³-hybridized carbons (Fsp3) is 0.385. The smallest absolute Gasteiger partial charge is 0.305 e. The van der Waals surface area contributed by atoms with Gasteiger partial charge in [-0.2, -0.15) is 5.26 Å². The number of halogens is 1. The minimum absolute atomic E-state index is 0.00260. The molecule has 1 heterocycles. The molecule has 1 saturated heterocycles. The number of ether oxygens (including phenoxy) is 1. The molecule has 1 aliphatic heterocycles. The van der Waals surface area contributed by atoms with E-state index >= 15 is 0 Å². The number of nitrogens with zero attached hydrogens (tertiary/aromatic N) is 2. The Morgan fingerprint density at radius 1 is 1.63 bits per heavy atom. The SMILES string of the molecule is N#Cc1ccc(Br)cc1N1CCOCC1CC(=O)O. The number of benzene rings is 1. The van der Waals surface area contributed by atoms with Crippen molar-refractivity contribution in [3.8, 4) is 6.07 Å². The number of hydrogen-bond donors (Lipinski definition) is 1. The van der Waals surface area contributed by atoms with Crippen molar-refractivity contribution < 1.29 is 14.6 Å². The van der Waals surface area contributed by atoms with Crippen LogP contribution in [0.3, 0.4) is 0 Å². The molecule has 100 valence electrons. The van der Waals surface area contributed by atoms with Crippen LogP contribution in [0.15, 0.2) is 22.7 Å². The van der Waals surface area contributed by atoms with Crippen molar-refractivity contribution in [1.29, 1.82) is 5.26 Å². The minimum atomic E-state index is -0.867. The molecule has 5 nitrogen and oxygen atoms in total. The van der Waals surface area contributed by atoms with Gasteiger partial charge < -0.3 is 14.7 Å². The first-order chi connectivity index (χ1) is 9.11. The van der Waals surface area contributed by atoms with Gasteiger partial charge in [-0.1, -0.05) is 15.9 Å². The summed E-state index contributed by atoms with van der Waals surface area (Å²) in [7, 11) is 0. The van der Waals surface area contributed by atoms with Crippen molar-refractivity contribution in [2.75, 3.05) is 24.7 Å². The standard InChI is InChI=1S/C13H13BrN2O3/c14-10-2-1-9(7-15)12(5-10)16-3-4-19-8-11(16)6-13(17)18/h1-2,5,11H,3-4,6,8H2,(H,17,18). The second-order valence-electron chi connectivity index (χ2n) is 4.29. The van der Waals surface area contributed by atoms with Gasteiger partial charge in [0.15, 0.2) is 0 Å². The van der Waals surface area contributed by atoms with Gasteiger partial charge in [0, 0.05) is 11.0 Å². The van der Waals surface area contributed by atoms with E-state index in [0.717, 1.165) is 10.2 Å². The van der Waals surface area contributed by atoms with Crippen LogP contribution in [-0.2, 0) is 9.53 Å². The van der Waals surface area contributed by atoms with Crippen LogP contribution in [0.5, 0.6) is 0 Å². The van der Waals surface area contributed by atoms with Gasteiger partial charge in [-0.3, -0.25) is 4.79 Å². The molecular weight excluding hydrogens is 312 g/mol. The van der Waals surface area contributed by atoms with Gasteiger partial charge >= 0.3 is 5.97 Å². The first-order valence-electron chi connectivity index (χ1n) is 5.87. The number of anilines is 1. The predicted molar refractivity (Wildman–Crippen MR) is 73.1 cm³/mol. The summed E-state index contributed by atoms with van der Waals surface area (Å²) in [6.07, 6.45) is -0.00260. The van der Waals surface area contributed by atoms with E-state index in [2.05, 4.69) is 22.0 Å². The van der Waals surface area contributed by atoms with Gasteiger partial charge in [-0.15, -0.1) is 0 Å². The summed E-state index contributed by atoms with van der Waals surface area (Å²) in [6, 6.07) is 7.28. The summed E-state index contributed by atoms with van der Waals surface area (Å²) in [4.78, 5) is 12.9. The van der Waals surface area contributed by atoms with Crippen LogP contribution in [-0.4, -0.2) is 36.9 Å². The van der Waals surface area contributed by atoms with Crippen molar-refractivity contribution in [2.45, 2.75) is 12.5 Å². The zero-order valence-electron chi connectivity index (χ0n) is 10.2. The van der Waals surface area contributed by atoms with E-state index in [-0.39, 0.29) is 12.5 Å². The molecular formula is C13H13BrN2O3. The van der Waals surface area contributed by atoms with E-state index in [0.29, 0.717) is 25.3 Å². The van der Waals surface area contributed by atoms with E-state index in [1.807, 2.05) is 11.0 Å². The average molecular weight is 325 g/mol. The Kier molecular flexibility index (Phi) is 4.40. The third-order valence-electron chi connectivity index (χ3n) is 3.03. The molecule has 0 bridgehead atoms. The highest BCUT2D eigenvalue weighted by molar-refractivity contribution is 9.10. The molecule has 0 amide bonds. The Bertz CT molecular complexity index is 527. The van der Waals surface area contributed by atoms with Gasteiger partial charge in [-0.25, -0.2) is 0 Å². The van der Waals surface area contributed by atoms with Crippen LogP contribution < -0.4 is 4.90 Å². The Morgan fingerprint density at radius 2 is 2.42 bits per heavy atom. The van der Waals surface area contributed by atoms with Crippen molar-refractivity contribution in [3.05, 3.63) is 28.2 Å². The van der Waals surface area contributed by atoms with E-state index in [1.165, 1.54) is 0 Å². The molecule has 1 fully saturated rings. The van der Waals surface area contributed by atoms with Crippen LogP contribution in [0.4, 0.5) is 5.69 Å². The van der Waals surface area contributed by atoms with Crippen LogP contribution in [0, 0.1) is 11.3 Å². The summed E-state index contributed by atoms with van der Waals surface area (Å²) >= 11 is 3.38. The average Bonchev–Trinajstić information content (AvgIpc) is 2.38. The quantitative estimate of drug-likeness (QED) is 0.920. The third kappa shape index (κ3) is 3.25. The zero-order valence-corrected chi connectivity index (χ0v) is 11.8. The molecule has 0 aliphatic carbocycles. The second-order valence-corrected chi connectivity index (χ2v) is 5.21. The first kappa shape index (κ1) is 13.8. The van der Waals surface area contributed by atoms with Gasteiger partial charge in [0.05, 0.1) is 36.9 Å². The topological polar surface area (TPSA) is 73.6 Å². The van der Waals surface area contributed by atoms with Crippen LogP contribution in [0.25, 0.3) is 0 Å². The molecule has 1 unspecified atom stereocenters. The van der Waals surface area contributed by atoms with Crippen molar-refractivity contribution in [2.24, 2.45) is 0 Å². The van der Waals surface area contributed by atoms with Crippen molar-refractivity contribution in [3.63, 3.8) is 0 Å². The van der Waals surface area contributed by atoms with Crippen molar-refractivity contribution >= 4 is 27.6 Å². The van der Waals surface area contributed by atoms with E-state index < -0.39 is 5.97 Å². The molecule has 2 rings (SSSR count). The third-order valence-corrected chi connectivity index (χ3v) is 3.52. The van der Waals surface area contributed by atoms with E-state index in [1.54, 1.807) is 12.1 Å². The lowest BCUT2D eigenvalue weighted by molar-refractivity contribution is -0.138. The van der Waals surface area contributed by atoms with E-state index in [9.17, 15) is 4.79 Å². The minimum Gasteiger partial charge on any atom is -0.481 e. The molecule has 1 aromatic rings. The van der Waals surface area contributed by atoms with Gasteiger partial charge in [0.2, 0.25) is 0 Å². The van der Waals surface area contributed by atoms with Crippen LogP contribution in [0.2, 0.25) is 0 Å². The lowest BCUT2D eigenvalue weighted by Gasteiger charge is -2.37. The number of hydrogen-bond acceptors (Lipinski definition) is 4. The summed E-state index contributed by atoms with van der Waals surface area (Å²) in [6.45, 7) is 1.49. The summed E-state index contributed by atoms with van der Waals surface area (Å²) in [5.41, 5.74) is 1.30.